The third kappa shape index (κ3) is 3.81. The van der Waals surface area contributed by atoms with Gasteiger partial charge in [0.25, 0.3) is 5.91 Å². The van der Waals surface area contributed by atoms with Crippen LogP contribution in [0.25, 0.3) is 16.6 Å². The zero-order chi connectivity index (χ0) is 16.8. The predicted molar refractivity (Wildman–Crippen MR) is 96.3 cm³/mol. The molecule has 5 nitrogen and oxygen atoms in total. The van der Waals surface area contributed by atoms with E-state index in [0.717, 1.165) is 11.1 Å². The van der Waals surface area contributed by atoms with E-state index in [0.29, 0.717) is 11.1 Å². The number of piperidine rings is 1. The molecule has 124 valence electrons. The molecule has 0 unspecified atom stereocenters. The number of nitrogens with two attached hydrogens (primary N) is 1. The Hall–Kier alpha value is -2.66. The number of para-hydroxylation sites is 1. The third-order valence-electron chi connectivity index (χ3n) is 4.03. The number of benzene rings is 2. The first-order valence-electron chi connectivity index (χ1n) is 8.30. The Balaban J connectivity index is 0.000000238. The summed E-state index contributed by atoms with van der Waals surface area (Å²) in [6, 6.07) is 15.1. The van der Waals surface area contributed by atoms with E-state index in [1.807, 2.05) is 42.6 Å². The smallest absolute Gasteiger partial charge is 0.250 e. The number of carbonyl (C=O) groups excluding carboxylic acids is 1. The fourth-order valence-electron chi connectivity index (χ4n) is 2.76. The second kappa shape index (κ2) is 7.75. The molecular formula is C19H22N4O. The second-order valence-corrected chi connectivity index (χ2v) is 5.83. The largest absolute Gasteiger partial charge is 0.366 e. The molecule has 3 aromatic rings. The summed E-state index contributed by atoms with van der Waals surface area (Å²) in [5.41, 5.74) is 7.37. The molecule has 3 N–H and O–H groups in total. The highest BCUT2D eigenvalue weighted by Gasteiger charge is 2.10. The minimum absolute atomic E-state index is 0.446. The molecule has 0 spiro atoms. The maximum atomic E-state index is 11.3. The van der Waals surface area contributed by atoms with Gasteiger partial charge in [-0.2, -0.15) is 5.10 Å². The molecule has 24 heavy (non-hydrogen) atoms. The summed E-state index contributed by atoms with van der Waals surface area (Å²) >= 11 is 0. The van der Waals surface area contributed by atoms with E-state index in [2.05, 4.69) is 10.4 Å². The van der Waals surface area contributed by atoms with Gasteiger partial charge in [0.15, 0.2) is 0 Å². The van der Waals surface area contributed by atoms with Crippen LogP contribution in [-0.2, 0) is 0 Å². The van der Waals surface area contributed by atoms with Gasteiger partial charge in [0.05, 0.1) is 11.3 Å². The lowest BCUT2D eigenvalue weighted by Gasteiger charge is -2.08. The van der Waals surface area contributed by atoms with Gasteiger partial charge >= 0.3 is 0 Å². The van der Waals surface area contributed by atoms with Crippen molar-refractivity contribution < 1.29 is 4.79 Å². The summed E-state index contributed by atoms with van der Waals surface area (Å²) in [5.74, 6) is -0.459. The minimum Gasteiger partial charge on any atom is -0.366 e. The first kappa shape index (κ1) is 16.2. The Labute approximate surface area is 141 Å². The number of nitrogens with zero attached hydrogens (tertiary/aromatic N) is 2. The molecule has 1 amide bonds. The molecule has 0 aliphatic carbocycles. The van der Waals surface area contributed by atoms with Crippen LogP contribution in [-0.4, -0.2) is 28.8 Å². The molecule has 1 aliphatic rings. The van der Waals surface area contributed by atoms with E-state index in [1.54, 1.807) is 16.8 Å². The fraction of sp³-hybridized carbons (Fsp3) is 0.263. The van der Waals surface area contributed by atoms with Crippen molar-refractivity contribution in [1.29, 1.82) is 0 Å². The van der Waals surface area contributed by atoms with Crippen LogP contribution >= 0.6 is 0 Å². The van der Waals surface area contributed by atoms with Gasteiger partial charge in [0, 0.05) is 11.6 Å². The first-order chi connectivity index (χ1) is 11.8. The zero-order valence-corrected chi connectivity index (χ0v) is 13.6. The van der Waals surface area contributed by atoms with Crippen molar-refractivity contribution in [2.75, 3.05) is 13.1 Å². The van der Waals surface area contributed by atoms with E-state index >= 15 is 0 Å². The van der Waals surface area contributed by atoms with E-state index < -0.39 is 5.91 Å². The lowest BCUT2D eigenvalue weighted by molar-refractivity contribution is 0.100. The highest BCUT2D eigenvalue weighted by atomic mass is 16.1. The topological polar surface area (TPSA) is 72.9 Å². The zero-order valence-electron chi connectivity index (χ0n) is 13.6. The first-order valence-corrected chi connectivity index (χ1v) is 8.30. The predicted octanol–water partition coefficient (Wildman–Crippen LogP) is 2.88. The number of aromatic nitrogens is 2. The molecule has 1 fully saturated rings. The number of fused-ring (bicyclic) bond motifs is 1. The van der Waals surface area contributed by atoms with Crippen LogP contribution in [0.4, 0.5) is 0 Å². The quantitative estimate of drug-likeness (QED) is 0.762. The van der Waals surface area contributed by atoms with E-state index in [-0.39, 0.29) is 0 Å². The molecule has 4 rings (SSSR count). The summed E-state index contributed by atoms with van der Waals surface area (Å²) < 4.78 is 1.75. The van der Waals surface area contributed by atoms with E-state index in [4.69, 9.17) is 5.73 Å². The number of hydrogen-bond donors (Lipinski definition) is 2. The van der Waals surface area contributed by atoms with Crippen molar-refractivity contribution >= 4 is 16.8 Å². The van der Waals surface area contributed by atoms with E-state index in [9.17, 15) is 4.79 Å². The number of primary amides is 1. The molecule has 0 atom stereocenters. The summed E-state index contributed by atoms with van der Waals surface area (Å²) in [6.45, 7) is 2.50. The average Bonchev–Trinajstić information content (AvgIpc) is 3.08. The fourth-order valence-corrected chi connectivity index (χ4v) is 2.76. The van der Waals surface area contributed by atoms with Crippen LogP contribution in [0.3, 0.4) is 0 Å². The lowest BCUT2D eigenvalue weighted by Crippen LogP contribution is -2.21. The van der Waals surface area contributed by atoms with Crippen LogP contribution in [0.15, 0.2) is 54.7 Å². The van der Waals surface area contributed by atoms with Gasteiger partial charge in [-0.25, -0.2) is 4.68 Å². The van der Waals surface area contributed by atoms with Crippen molar-refractivity contribution in [3.05, 3.63) is 60.3 Å². The highest BCUT2D eigenvalue weighted by Crippen LogP contribution is 2.19. The average molecular weight is 322 g/mol. The van der Waals surface area contributed by atoms with Crippen molar-refractivity contribution in [3.8, 4) is 5.69 Å². The lowest BCUT2D eigenvalue weighted by atomic mass is 10.1. The third-order valence-corrected chi connectivity index (χ3v) is 4.03. The molecular weight excluding hydrogens is 300 g/mol. The Morgan fingerprint density at radius 1 is 1.00 bits per heavy atom. The van der Waals surface area contributed by atoms with Crippen molar-refractivity contribution in [2.24, 2.45) is 5.73 Å². The normalized spacial score (nSPS) is 14.0. The summed E-state index contributed by atoms with van der Waals surface area (Å²) in [6.07, 6.45) is 6.10. The van der Waals surface area contributed by atoms with Crippen LogP contribution in [0, 0.1) is 0 Å². The maximum Gasteiger partial charge on any atom is 0.250 e. The van der Waals surface area contributed by atoms with Gasteiger partial charge in [-0.15, -0.1) is 0 Å². The van der Waals surface area contributed by atoms with Crippen molar-refractivity contribution in [2.45, 2.75) is 19.3 Å². The minimum atomic E-state index is -0.459. The molecule has 1 aromatic heterocycles. The second-order valence-electron chi connectivity index (χ2n) is 5.83. The van der Waals surface area contributed by atoms with Gasteiger partial charge in [-0.3, -0.25) is 4.79 Å². The number of rotatable bonds is 2. The molecule has 0 saturated carbocycles. The molecule has 5 heteroatoms. The number of hydrogen-bond acceptors (Lipinski definition) is 3. The SMILES string of the molecule is C1CCNCC1.NC(=O)c1cccc2cn(-c3ccccc3)nc12. The monoisotopic (exact) mass is 322 g/mol. The van der Waals surface area contributed by atoms with Gasteiger partial charge in [0.1, 0.15) is 5.52 Å². The molecule has 0 bridgehead atoms. The Kier molecular flexibility index (Phi) is 5.23. The van der Waals surface area contributed by atoms with E-state index in [1.165, 1.54) is 32.4 Å². The molecule has 0 radical (unpaired) electrons. The molecule has 2 heterocycles. The molecule has 1 aliphatic heterocycles. The summed E-state index contributed by atoms with van der Waals surface area (Å²) in [5, 5.41) is 8.60. The van der Waals surface area contributed by atoms with Gasteiger partial charge in [-0.05, 0) is 44.1 Å². The van der Waals surface area contributed by atoms with Crippen LogP contribution < -0.4 is 11.1 Å². The standard InChI is InChI=1S/C14H11N3O.C5H11N/c15-14(18)12-8-4-5-10-9-17(16-13(10)12)11-6-2-1-3-7-11;1-2-4-6-5-3-1/h1-9H,(H2,15,18);6H,1-5H2. The maximum absolute atomic E-state index is 11.3. The Bertz CT molecular complexity index is 795. The van der Waals surface area contributed by atoms with Crippen LogP contribution in [0.1, 0.15) is 29.6 Å². The molecule has 2 aromatic carbocycles. The van der Waals surface area contributed by atoms with Gasteiger partial charge in [0.2, 0.25) is 0 Å². The van der Waals surface area contributed by atoms with Gasteiger partial charge < -0.3 is 11.1 Å². The van der Waals surface area contributed by atoms with Crippen molar-refractivity contribution in [1.82, 2.24) is 15.1 Å². The van der Waals surface area contributed by atoms with Gasteiger partial charge in [-0.1, -0.05) is 36.8 Å². The van der Waals surface area contributed by atoms with Crippen molar-refractivity contribution in [3.63, 3.8) is 0 Å². The highest BCUT2D eigenvalue weighted by molar-refractivity contribution is 6.04. The van der Waals surface area contributed by atoms with Crippen LogP contribution in [0.5, 0.6) is 0 Å². The number of amides is 1. The Morgan fingerprint density at radius 3 is 2.33 bits per heavy atom. The number of nitrogens with one attached hydrogen (secondary N) is 1. The molecule has 1 saturated heterocycles. The summed E-state index contributed by atoms with van der Waals surface area (Å²) in [4.78, 5) is 11.3. The van der Waals surface area contributed by atoms with Crippen LogP contribution in [0.2, 0.25) is 0 Å². The summed E-state index contributed by atoms with van der Waals surface area (Å²) in [7, 11) is 0. The number of carbonyl (C=O) groups is 1. The Morgan fingerprint density at radius 2 is 1.75 bits per heavy atom.